The van der Waals surface area contributed by atoms with E-state index in [0.717, 1.165) is 17.7 Å². The molecule has 0 atom stereocenters. The zero-order valence-electron chi connectivity index (χ0n) is 10.9. The highest BCUT2D eigenvalue weighted by Crippen LogP contribution is 2.16. The Labute approximate surface area is 113 Å². The normalized spacial score (nSPS) is 10.2. The van der Waals surface area contributed by atoms with Gasteiger partial charge < -0.3 is 10.1 Å². The minimum atomic E-state index is -0.0922. The monoisotopic (exact) mass is 255 g/mol. The number of hydrogen-bond acceptors (Lipinski definition) is 2. The maximum atomic E-state index is 12.1. The first kappa shape index (κ1) is 13.3. The van der Waals surface area contributed by atoms with Crippen molar-refractivity contribution in [2.75, 3.05) is 19.0 Å². The van der Waals surface area contributed by atoms with E-state index >= 15 is 0 Å². The molecule has 2 aromatic rings. The molecule has 0 radical (unpaired) electrons. The summed E-state index contributed by atoms with van der Waals surface area (Å²) in [5, 5.41) is 2.94. The maximum Gasteiger partial charge on any atom is 0.255 e. The number of carbonyl (C=O) groups is 1. The quantitative estimate of drug-likeness (QED) is 0.891. The summed E-state index contributed by atoms with van der Waals surface area (Å²) < 4.78 is 5.08. The summed E-state index contributed by atoms with van der Waals surface area (Å²) in [6.45, 7) is 0.637. The number of para-hydroxylation sites is 1. The Morgan fingerprint density at radius 1 is 1.05 bits per heavy atom. The van der Waals surface area contributed by atoms with Crippen LogP contribution >= 0.6 is 0 Å². The minimum Gasteiger partial charge on any atom is -0.384 e. The van der Waals surface area contributed by atoms with Gasteiger partial charge in [-0.1, -0.05) is 36.4 Å². The fraction of sp³-hybridized carbons (Fsp3) is 0.188. The third-order valence-electron chi connectivity index (χ3n) is 2.88. The lowest BCUT2D eigenvalue weighted by Crippen LogP contribution is -2.13. The van der Waals surface area contributed by atoms with E-state index in [1.165, 1.54) is 0 Å². The molecule has 3 nitrogen and oxygen atoms in total. The highest BCUT2D eigenvalue weighted by molar-refractivity contribution is 6.04. The number of rotatable bonds is 5. The molecule has 0 saturated heterocycles. The van der Waals surface area contributed by atoms with E-state index in [0.29, 0.717) is 12.2 Å². The molecule has 2 aromatic carbocycles. The van der Waals surface area contributed by atoms with Crippen LogP contribution in [0.1, 0.15) is 15.9 Å². The Hall–Kier alpha value is -2.13. The lowest BCUT2D eigenvalue weighted by atomic mass is 10.1. The molecule has 98 valence electrons. The zero-order chi connectivity index (χ0) is 13.5. The average Bonchev–Trinajstić information content (AvgIpc) is 2.47. The van der Waals surface area contributed by atoms with Crippen molar-refractivity contribution in [3.63, 3.8) is 0 Å². The molecule has 0 aliphatic rings. The third-order valence-corrected chi connectivity index (χ3v) is 2.88. The van der Waals surface area contributed by atoms with Gasteiger partial charge >= 0.3 is 0 Å². The highest BCUT2D eigenvalue weighted by atomic mass is 16.5. The fourth-order valence-corrected chi connectivity index (χ4v) is 1.86. The highest BCUT2D eigenvalue weighted by Gasteiger charge is 2.08. The van der Waals surface area contributed by atoms with Gasteiger partial charge in [0.05, 0.1) is 6.61 Å². The molecule has 0 heterocycles. The summed E-state index contributed by atoms with van der Waals surface area (Å²) in [5.41, 5.74) is 2.58. The number of anilines is 1. The molecular formula is C16H17NO2. The van der Waals surface area contributed by atoms with Crippen LogP contribution in [-0.2, 0) is 11.2 Å². The van der Waals surface area contributed by atoms with E-state index < -0.39 is 0 Å². The molecule has 0 spiro atoms. The van der Waals surface area contributed by atoms with E-state index in [1.54, 1.807) is 19.2 Å². The zero-order valence-corrected chi connectivity index (χ0v) is 10.9. The molecule has 1 amide bonds. The Balaban J connectivity index is 2.12. The number of benzene rings is 2. The summed E-state index contributed by atoms with van der Waals surface area (Å²) in [6.07, 6.45) is 0.780. The fourth-order valence-electron chi connectivity index (χ4n) is 1.86. The summed E-state index contributed by atoms with van der Waals surface area (Å²) in [5.74, 6) is -0.0922. The van der Waals surface area contributed by atoms with Crippen LogP contribution in [0.2, 0.25) is 0 Å². The summed E-state index contributed by atoms with van der Waals surface area (Å²) in [6, 6.07) is 17.0. The van der Waals surface area contributed by atoms with E-state index in [1.807, 2.05) is 42.5 Å². The first-order chi connectivity index (χ1) is 9.31. The van der Waals surface area contributed by atoms with Crippen molar-refractivity contribution < 1.29 is 9.53 Å². The molecule has 0 aromatic heterocycles. The van der Waals surface area contributed by atoms with Crippen LogP contribution in [0.3, 0.4) is 0 Å². The number of methoxy groups -OCH3 is 1. The smallest absolute Gasteiger partial charge is 0.255 e. The Morgan fingerprint density at radius 3 is 2.47 bits per heavy atom. The molecule has 0 bridgehead atoms. The average molecular weight is 255 g/mol. The topological polar surface area (TPSA) is 38.3 Å². The number of ether oxygens (including phenoxy) is 1. The van der Waals surface area contributed by atoms with Gasteiger partial charge in [0.25, 0.3) is 5.91 Å². The summed E-state index contributed by atoms with van der Waals surface area (Å²) in [7, 11) is 1.67. The molecular weight excluding hydrogens is 238 g/mol. The molecule has 0 fully saturated rings. The van der Waals surface area contributed by atoms with Crippen molar-refractivity contribution in [2.24, 2.45) is 0 Å². The van der Waals surface area contributed by atoms with Crippen LogP contribution in [-0.4, -0.2) is 19.6 Å². The van der Waals surface area contributed by atoms with Crippen molar-refractivity contribution in [2.45, 2.75) is 6.42 Å². The minimum absolute atomic E-state index is 0.0922. The van der Waals surface area contributed by atoms with Crippen LogP contribution in [0.15, 0.2) is 54.6 Å². The van der Waals surface area contributed by atoms with Gasteiger partial charge in [0.15, 0.2) is 0 Å². The second-order valence-electron chi connectivity index (χ2n) is 4.22. The van der Waals surface area contributed by atoms with Crippen LogP contribution in [0, 0.1) is 0 Å². The lowest BCUT2D eigenvalue weighted by molar-refractivity contribution is 0.102. The summed E-state index contributed by atoms with van der Waals surface area (Å²) >= 11 is 0. The van der Waals surface area contributed by atoms with Crippen LogP contribution in [0.4, 0.5) is 5.69 Å². The van der Waals surface area contributed by atoms with Crippen molar-refractivity contribution in [1.82, 2.24) is 0 Å². The third kappa shape index (κ3) is 3.66. The molecule has 0 saturated carbocycles. The van der Waals surface area contributed by atoms with Crippen molar-refractivity contribution in [3.8, 4) is 0 Å². The van der Waals surface area contributed by atoms with E-state index in [9.17, 15) is 4.79 Å². The molecule has 0 unspecified atom stereocenters. The van der Waals surface area contributed by atoms with Gasteiger partial charge in [-0.25, -0.2) is 0 Å². The number of hydrogen-bond donors (Lipinski definition) is 1. The molecule has 0 aliphatic heterocycles. The van der Waals surface area contributed by atoms with Gasteiger partial charge in [0.2, 0.25) is 0 Å². The van der Waals surface area contributed by atoms with Gasteiger partial charge in [-0.05, 0) is 30.2 Å². The second-order valence-corrected chi connectivity index (χ2v) is 4.22. The second kappa shape index (κ2) is 6.71. The maximum absolute atomic E-state index is 12.1. The predicted octanol–water partition coefficient (Wildman–Crippen LogP) is 3.13. The Kier molecular flexibility index (Phi) is 4.70. The van der Waals surface area contributed by atoms with Crippen LogP contribution in [0.25, 0.3) is 0 Å². The first-order valence-corrected chi connectivity index (χ1v) is 6.24. The van der Waals surface area contributed by atoms with Crippen molar-refractivity contribution in [3.05, 3.63) is 65.7 Å². The van der Waals surface area contributed by atoms with E-state index in [-0.39, 0.29) is 5.91 Å². The van der Waals surface area contributed by atoms with Crippen LogP contribution in [0.5, 0.6) is 0 Å². The largest absolute Gasteiger partial charge is 0.384 e. The Morgan fingerprint density at radius 2 is 1.74 bits per heavy atom. The van der Waals surface area contributed by atoms with Crippen LogP contribution < -0.4 is 5.32 Å². The number of nitrogens with one attached hydrogen (secondary N) is 1. The molecule has 19 heavy (non-hydrogen) atoms. The van der Waals surface area contributed by atoms with Gasteiger partial charge in [-0.3, -0.25) is 4.79 Å². The molecule has 2 rings (SSSR count). The standard InChI is InChI=1S/C16H17NO2/c1-19-12-11-13-7-5-6-10-15(13)17-16(18)14-8-3-2-4-9-14/h2-10H,11-12H2,1H3,(H,17,18). The SMILES string of the molecule is COCCc1ccccc1NC(=O)c1ccccc1. The van der Waals surface area contributed by atoms with Gasteiger partial charge in [0, 0.05) is 18.4 Å². The van der Waals surface area contributed by atoms with E-state index in [4.69, 9.17) is 4.74 Å². The number of carbonyl (C=O) groups excluding carboxylic acids is 1. The van der Waals surface area contributed by atoms with Gasteiger partial charge in [0.1, 0.15) is 0 Å². The molecule has 0 aliphatic carbocycles. The summed E-state index contributed by atoms with van der Waals surface area (Å²) in [4.78, 5) is 12.1. The van der Waals surface area contributed by atoms with Crippen molar-refractivity contribution >= 4 is 11.6 Å². The van der Waals surface area contributed by atoms with Gasteiger partial charge in [-0.15, -0.1) is 0 Å². The first-order valence-electron chi connectivity index (χ1n) is 6.24. The predicted molar refractivity (Wildman–Crippen MR) is 76.4 cm³/mol. The molecule has 3 heteroatoms. The molecule has 1 N–H and O–H groups in total. The number of amides is 1. The lowest BCUT2D eigenvalue weighted by Gasteiger charge is -2.10. The van der Waals surface area contributed by atoms with Gasteiger partial charge in [-0.2, -0.15) is 0 Å². The Bertz CT molecular complexity index is 537. The van der Waals surface area contributed by atoms with Crippen molar-refractivity contribution in [1.29, 1.82) is 0 Å². The van der Waals surface area contributed by atoms with E-state index in [2.05, 4.69) is 5.32 Å².